The van der Waals surface area contributed by atoms with Crippen LogP contribution < -0.4 is 21.7 Å². The van der Waals surface area contributed by atoms with Crippen molar-refractivity contribution in [2.75, 3.05) is 24.5 Å². The van der Waals surface area contributed by atoms with Gasteiger partial charge >= 0.3 is 0 Å². The number of hydrogen-bond acceptors (Lipinski definition) is 8. The van der Waals surface area contributed by atoms with E-state index >= 15 is 0 Å². The van der Waals surface area contributed by atoms with Gasteiger partial charge in [-0.1, -0.05) is 49.0 Å². The van der Waals surface area contributed by atoms with Gasteiger partial charge in [-0.15, -0.1) is 0 Å². The fraction of sp³-hybridized carbons (Fsp3) is 0.444. The number of piperidine rings is 1. The summed E-state index contributed by atoms with van der Waals surface area (Å²) in [4.78, 5) is 31.5. The Hall–Kier alpha value is -3.60. The topological polar surface area (TPSA) is 162 Å². The smallest absolute Gasteiger partial charge is 0.239 e. The minimum atomic E-state index is -0.963. The van der Waals surface area contributed by atoms with E-state index in [1.165, 1.54) is 0 Å². The molecular formula is C27H33N7O2S. The number of carbonyl (C=O) groups excluding carboxylic acids is 2. The molecule has 2 heterocycles. The molecule has 0 bridgehead atoms. The molecule has 10 heteroatoms. The first-order valence-corrected chi connectivity index (χ1v) is 13.2. The molecule has 2 amide bonds. The SMILES string of the molecule is CCc1c(C#N)c(SC(C(N)=O)c2ccccc2)nc(N2CCC[C@@H](CNC(=O)C(C)(C)N)C2)c1C#N. The molecule has 1 saturated heterocycles. The predicted octanol–water partition coefficient (Wildman–Crippen LogP) is 2.78. The molecule has 2 aromatic rings. The van der Waals surface area contributed by atoms with Crippen LogP contribution in [0.2, 0.25) is 0 Å². The molecule has 3 rings (SSSR count). The van der Waals surface area contributed by atoms with Crippen LogP contribution in [0.5, 0.6) is 0 Å². The van der Waals surface area contributed by atoms with Gasteiger partial charge in [-0.05, 0) is 50.2 Å². The molecule has 0 radical (unpaired) electrons. The van der Waals surface area contributed by atoms with E-state index < -0.39 is 16.7 Å². The summed E-state index contributed by atoms with van der Waals surface area (Å²) in [5.41, 5.74) is 12.7. The van der Waals surface area contributed by atoms with E-state index in [0.717, 1.165) is 24.6 Å². The summed E-state index contributed by atoms with van der Waals surface area (Å²) >= 11 is 1.13. The number of nitriles is 2. The average molecular weight is 520 g/mol. The zero-order valence-corrected chi connectivity index (χ0v) is 22.3. The fourth-order valence-corrected chi connectivity index (χ4v) is 5.47. The summed E-state index contributed by atoms with van der Waals surface area (Å²) in [5.74, 6) is -0.119. The highest BCUT2D eigenvalue weighted by Crippen LogP contribution is 2.40. The molecule has 0 saturated carbocycles. The standard InChI is InChI=1S/C27H33N7O2S/c1-4-19-20(13-28)24(34-12-8-9-17(16-34)15-32-26(36)27(2,3)31)33-25(21(19)14-29)37-22(23(30)35)18-10-6-5-7-11-18/h5-7,10-11,17,22H,4,8-9,12,15-16,31H2,1-3H3,(H2,30,35)(H,32,36)/t17-,22?/m0/s1. The highest BCUT2D eigenvalue weighted by Gasteiger charge is 2.30. The molecule has 1 aliphatic heterocycles. The largest absolute Gasteiger partial charge is 0.368 e. The molecular weight excluding hydrogens is 486 g/mol. The summed E-state index contributed by atoms with van der Waals surface area (Å²) < 4.78 is 0. The first-order valence-electron chi connectivity index (χ1n) is 12.3. The molecule has 0 spiro atoms. The first kappa shape index (κ1) is 28.0. The van der Waals surface area contributed by atoms with Gasteiger partial charge in [0.2, 0.25) is 11.8 Å². The molecule has 1 aromatic heterocycles. The number of anilines is 1. The number of nitrogens with one attached hydrogen (secondary N) is 1. The quantitative estimate of drug-likeness (QED) is 0.426. The van der Waals surface area contributed by atoms with E-state index in [1.807, 2.05) is 42.2 Å². The van der Waals surface area contributed by atoms with Crippen LogP contribution in [0.3, 0.4) is 0 Å². The predicted molar refractivity (Wildman–Crippen MR) is 143 cm³/mol. The van der Waals surface area contributed by atoms with Crippen molar-refractivity contribution in [2.24, 2.45) is 17.4 Å². The van der Waals surface area contributed by atoms with Crippen molar-refractivity contribution in [3.63, 3.8) is 0 Å². The first-order chi connectivity index (χ1) is 17.6. The number of aromatic nitrogens is 1. The Balaban J connectivity index is 1.98. The molecule has 0 aliphatic carbocycles. The van der Waals surface area contributed by atoms with Crippen LogP contribution in [0.25, 0.3) is 0 Å². The number of rotatable bonds is 9. The number of nitrogens with two attached hydrogens (primary N) is 2. The zero-order chi connectivity index (χ0) is 27.2. The van der Waals surface area contributed by atoms with Crippen LogP contribution >= 0.6 is 11.8 Å². The Morgan fingerprint density at radius 1 is 1.24 bits per heavy atom. The normalized spacial score (nSPS) is 16.4. The zero-order valence-electron chi connectivity index (χ0n) is 21.5. The Bertz CT molecular complexity index is 1230. The van der Waals surface area contributed by atoms with Crippen LogP contribution in [0.1, 0.15) is 61.1 Å². The Kier molecular flexibility index (Phi) is 9.14. The van der Waals surface area contributed by atoms with Crippen LogP contribution in [0.15, 0.2) is 35.4 Å². The number of benzene rings is 1. The lowest BCUT2D eigenvalue weighted by molar-refractivity contribution is -0.125. The van der Waals surface area contributed by atoms with E-state index in [1.54, 1.807) is 13.8 Å². The second kappa shape index (κ2) is 12.1. The van der Waals surface area contributed by atoms with Gasteiger partial charge in [-0.25, -0.2) is 4.98 Å². The lowest BCUT2D eigenvalue weighted by atomic mass is 9.95. The van der Waals surface area contributed by atoms with Crippen LogP contribution in [-0.4, -0.2) is 42.0 Å². The third-order valence-corrected chi connectivity index (χ3v) is 7.63. The van der Waals surface area contributed by atoms with Gasteiger partial charge in [-0.3, -0.25) is 9.59 Å². The fourth-order valence-electron chi connectivity index (χ4n) is 4.42. The maximum absolute atomic E-state index is 12.4. The monoisotopic (exact) mass is 519 g/mol. The molecule has 194 valence electrons. The maximum Gasteiger partial charge on any atom is 0.239 e. The highest BCUT2D eigenvalue weighted by molar-refractivity contribution is 8.00. The molecule has 1 fully saturated rings. The lowest BCUT2D eigenvalue weighted by Crippen LogP contribution is -2.51. The van der Waals surface area contributed by atoms with Gasteiger partial charge in [-0.2, -0.15) is 10.5 Å². The second-order valence-corrected chi connectivity index (χ2v) is 10.8. The summed E-state index contributed by atoms with van der Waals surface area (Å²) in [6, 6.07) is 13.6. The van der Waals surface area contributed by atoms with Gasteiger partial charge in [0.05, 0.1) is 16.7 Å². The van der Waals surface area contributed by atoms with Crippen molar-refractivity contribution >= 4 is 29.4 Å². The van der Waals surface area contributed by atoms with Crippen molar-refractivity contribution < 1.29 is 9.59 Å². The van der Waals surface area contributed by atoms with Gasteiger partial charge in [0.15, 0.2) is 0 Å². The van der Waals surface area contributed by atoms with E-state index in [0.29, 0.717) is 59.2 Å². The molecule has 2 atom stereocenters. The number of thioether (sulfide) groups is 1. The summed E-state index contributed by atoms with van der Waals surface area (Å²) in [6.45, 7) is 6.95. The lowest BCUT2D eigenvalue weighted by Gasteiger charge is -2.35. The van der Waals surface area contributed by atoms with Crippen LogP contribution in [-0.2, 0) is 16.0 Å². The molecule has 37 heavy (non-hydrogen) atoms. The highest BCUT2D eigenvalue weighted by atomic mass is 32.2. The number of nitrogens with zero attached hydrogens (tertiary/aromatic N) is 4. The van der Waals surface area contributed by atoms with E-state index in [4.69, 9.17) is 16.5 Å². The number of amides is 2. The van der Waals surface area contributed by atoms with Crippen LogP contribution in [0.4, 0.5) is 5.82 Å². The minimum absolute atomic E-state index is 0.146. The Labute approximate surface area is 222 Å². The summed E-state index contributed by atoms with van der Waals surface area (Å²) in [7, 11) is 0. The molecule has 5 N–H and O–H groups in total. The minimum Gasteiger partial charge on any atom is -0.368 e. The molecule has 1 aliphatic rings. The van der Waals surface area contributed by atoms with Crippen molar-refractivity contribution in [3.8, 4) is 12.1 Å². The van der Waals surface area contributed by atoms with Gasteiger partial charge < -0.3 is 21.7 Å². The Morgan fingerprint density at radius 3 is 2.49 bits per heavy atom. The number of carbonyl (C=O) groups is 2. The van der Waals surface area contributed by atoms with Crippen molar-refractivity contribution in [1.82, 2.24) is 10.3 Å². The molecule has 1 aromatic carbocycles. The van der Waals surface area contributed by atoms with E-state index in [9.17, 15) is 20.1 Å². The molecule has 9 nitrogen and oxygen atoms in total. The van der Waals surface area contributed by atoms with Crippen LogP contribution in [0, 0.1) is 28.6 Å². The van der Waals surface area contributed by atoms with Gasteiger partial charge in [0.25, 0.3) is 0 Å². The van der Waals surface area contributed by atoms with Crippen molar-refractivity contribution in [3.05, 3.63) is 52.6 Å². The van der Waals surface area contributed by atoms with Gasteiger partial charge in [0, 0.05) is 19.6 Å². The average Bonchev–Trinajstić information content (AvgIpc) is 2.89. The number of pyridine rings is 1. The summed E-state index contributed by atoms with van der Waals surface area (Å²) in [5, 5.41) is 22.6. The van der Waals surface area contributed by atoms with Crippen molar-refractivity contribution in [1.29, 1.82) is 10.5 Å². The number of primary amides is 1. The summed E-state index contributed by atoms with van der Waals surface area (Å²) in [6.07, 6.45) is 2.23. The Morgan fingerprint density at radius 2 is 1.92 bits per heavy atom. The van der Waals surface area contributed by atoms with Gasteiger partial charge in [0.1, 0.15) is 28.2 Å². The maximum atomic E-state index is 12.4. The number of hydrogen-bond donors (Lipinski definition) is 3. The third kappa shape index (κ3) is 6.59. The second-order valence-electron chi connectivity index (χ2n) is 9.74. The third-order valence-electron chi connectivity index (χ3n) is 6.37. The van der Waals surface area contributed by atoms with E-state index in [-0.39, 0.29) is 11.8 Å². The molecule has 1 unspecified atom stereocenters. The van der Waals surface area contributed by atoms with E-state index in [2.05, 4.69) is 17.5 Å². The van der Waals surface area contributed by atoms with Crippen molar-refractivity contribution in [2.45, 2.75) is 55.8 Å².